The van der Waals surface area contributed by atoms with Crippen LogP contribution in [0.25, 0.3) is 10.6 Å². The van der Waals surface area contributed by atoms with Gasteiger partial charge in [-0.3, -0.25) is 9.67 Å². The molecule has 0 aliphatic carbocycles. The number of rotatable bonds is 4. The summed E-state index contributed by atoms with van der Waals surface area (Å²) < 4.78 is 1.84. The first-order chi connectivity index (χ1) is 9.33. The lowest BCUT2D eigenvalue weighted by atomic mass is 10.3. The maximum Gasteiger partial charge on any atom is 0.145 e. The molecule has 0 atom stereocenters. The van der Waals surface area contributed by atoms with Crippen LogP contribution in [0.5, 0.6) is 0 Å². The molecule has 3 rings (SSSR count). The van der Waals surface area contributed by atoms with E-state index in [0.717, 1.165) is 22.1 Å². The predicted molar refractivity (Wildman–Crippen MR) is 75.9 cm³/mol. The van der Waals surface area contributed by atoms with Crippen molar-refractivity contribution in [3.8, 4) is 10.6 Å². The average Bonchev–Trinajstić information content (AvgIpc) is 3.08. The second kappa shape index (κ2) is 5.19. The molecule has 3 aromatic rings. The standard InChI is InChI=1S/C13H13N5S/c1-18-10(4-5-16-18)7-15-13-9-14-8-11(17-13)12-3-2-6-19-12/h2-6,8-9H,7H2,1H3,(H,15,17). The van der Waals surface area contributed by atoms with Gasteiger partial charge in [0.15, 0.2) is 0 Å². The molecular weight excluding hydrogens is 258 g/mol. The molecule has 0 aromatic carbocycles. The van der Waals surface area contributed by atoms with Gasteiger partial charge in [-0.25, -0.2) is 4.98 Å². The van der Waals surface area contributed by atoms with E-state index in [1.54, 1.807) is 29.9 Å². The second-order valence-electron chi connectivity index (χ2n) is 4.07. The Morgan fingerprint density at radius 3 is 3.00 bits per heavy atom. The van der Waals surface area contributed by atoms with Crippen LogP contribution in [0.15, 0.2) is 42.2 Å². The Morgan fingerprint density at radius 2 is 2.26 bits per heavy atom. The lowest BCUT2D eigenvalue weighted by Gasteiger charge is -2.06. The van der Waals surface area contributed by atoms with Crippen molar-refractivity contribution in [3.63, 3.8) is 0 Å². The molecule has 5 nitrogen and oxygen atoms in total. The van der Waals surface area contributed by atoms with Gasteiger partial charge >= 0.3 is 0 Å². The molecule has 0 bridgehead atoms. The van der Waals surface area contributed by atoms with Crippen LogP contribution < -0.4 is 5.32 Å². The first-order valence-corrected chi connectivity index (χ1v) is 6.77. The summed E-state index contributed by atoms with van der Waals surface area (Å²) in [5.74, 6) is 0.770. The van der Waals surface area contributed by atoms with Crippen molar-refractivity contribution in [1.29, 1.82) is 0 Å². The summed E-state index contributed by atoms with van der Waals surface area (Å²) in [4.78, 5) is 9.90. The fourth-order valence-electron chi connectivity index (χ4n) is 1.75. The first-order valence-electron chi connectivity index (χ1n) is 5.89. The molecule has 6 heteroatoms. The van der Waals surface area contributed by atoms with Gasteiger partial charge in [0.05, 0.1) is 29.5 Å². The minimum absolute atomic E-state index is 0.680. The molecule has 96 valence electrons. The van der Waals surface area contributed by atoms with Gasteiger partial charge in [0.2, 0.25) is 0 Å². The summed E-state index contributed by atoms with van der Waals surface area (Å²) in [6.45, 7) is 0.680. The van der Waals surface area contributed by atoms with E-state index in [4.69, 9.17) is 0 Å². The van der Waals surface area contributed by atoms with Crippen molar-refractivity contribution in [2.45, 2.75) is 6.54 Å². The molecular formula is C13H13N5S. The van der Waals surface area contributed by atoms with E-state index < -0.39 is 0 Å². The van der Waals surface area contributed by atoms with Crippen molar-refractivity contribution < 1.29 is 0 Å². The molecule has 0 saturated heterocycles. The van der Waals surface area contributed by atoms with Gasteiger partial charge in [0.25, 0.3) is 0 Å². The lowest BCUT2D eigenvalue weighted by Crippen LogP contribution is -2.06. The van der Waals surface area contributed by atoms with Crippen molar-refractivity contribution in [2.75, 3.05) is 5.32 Å². The number of aromatic nitrogens is 4. The topological polar surface area (TPSA) is 55.6 Å². The SMILES string of the molecule is Cn1nccc1CNc1cncc(-c2cccs2)n1. The Balaban J connectivity index is 1.75. The normalized spacial score (nSPS) is 10.6. The Labute approximate surface area is 115 Å². The smallest absolute Gasteiger partial charge is 0.145 e. The fourth-order valence-corrected chi connectivity index (χ4v) is 2.43. The first kappa shape index (κ1) is 11.9. The third-order valence-corrected chi connectivity index (χ3v) is 3.67. The zero-order chi connectivity index (χ0) is 13.1. The number of aryl methyl sites for hydroxylation is 1. The molecule has 0 aliphatic heterocycles. The van der Waals surface area contributed by atoms with E-state index >= 15 is 0 Å². The van der Waals surface area contributed by atoms with Gasteiger partial charge in [-0.2, -0.15) is 5.10 Å². The second-order valence-corrected chi connectivity index (χ2v) is 5.01. The Hall–Kier alpha value is -2.21. The minimum atomic E-state index is 0.680. The lowest BCUT2D eigenvalue weighted by molar-refractivity contribution is 0.720. The summed E-state index contributed by atoms with van der Waals surface area (Å²) >= 11 is 1.66. The highest BCUT2D eigenvalue weighted by Gasteiger charge is 2.03. The van der Waals surface area contributed by atoms with Crippen LogP contribution in [0.2, 0.25) is 0 Å². The van der Waals surface area contributed by atoms with Gasteiger partial charge in [-0.1, -0.05) is 6.07 Å². The van der Waals surface area contributed by atoms with Gasteiger partial charge in [0.1, 0.15) is 11.5 Å². The van der Waals surface area contributed by atoms with Crippen LogP contribution in [0, 0.1) is 0 Å². The maximum absolute atomic E-state index is 4.55. The van der Waals surface area contributed by atoms with Crippen molar-refractivity contribution in [2.24, 2.45) is 7.05 Å². The van der Waals surface area contributed by atoms with Crippen LogP contribution in [0.1, 0.15) is 5.69 Å². The van der Waals surface area contributed by atoms with Crippen LogP contribution in [0.3, 0.4) is 0 Å². The highest BCUT2D eigenvalue weighted by molar-refractivity contribution is 7.13. The van der Waals surface area contributed by atoms with Crippen molar-refractivity contribution in [3.05, 3.63) is 47.9 Å². The zero-order valence-corrected chi connectivity index (χ0v) is 11.3. The molecule has 3 heterocycles. The molecule has 3 aromatic heterocycles. The molecule has 0 spiro atoms. The number of hydrogen-bond acceptors (Lipinski definition) is 5. The molecule has 0 unspecified atom stereocenters. The van der Waals surface area contributed by atoms with Gasteiger partial charge in [0, 0.05) is 13.2 Å². The summed E-state index contributed by atoms with van der Waals surface area (Å²) in [5.41, 5.74) is 1.99. The largest absolute Gasteiger partial charge is 0.363 e. The molecule has 0 radical (unpaired) electrons. The number of nitrogens with zero attached hydrogens (tertiary/aromatic N) is 4. The van der Waals surface area contributed by atoms with Crippen molar-refractivity contribution >= 4 is 17.2 Å². The highest BCUT2D eigenvalue weighted by Crippen LogP contribution is 2.22. The number of thiophene rings is 1. The van der Waals surface area contributed by atoms with Crippen molar-refractivity contribution in [1.82, 2.24) is 19.7 Å². The quantitative estimate of drug-likeness (QED) is 0.792. The van der Waals surface area contributed by atoms with Gasteiger partial charge < -0.3 is 5.32 Å². The van der Waals surface area contributed by atoms with Crippen LogP contribution in [0.4, 0.5) is 5.82 Å². The monoisotopic (exact) mass is 271 g/mol. The molecule has 1 N–H and O–H groups in total. The molecule has 19 heavy (non-hydrogen) atoms. The summed E-state index contributed by atoms with van der Waals surface area (Å²) in [6, 6.07) is 6.03. The third-order valence-electron chi connectivity index (χ3n) is 2.78. The average molecular weight is 271 g/mol. The number of hydrogen-bond donors (Lipinski definition) is 1. The van der Waals surface area contributed by atoms with E-state index in [9.17, 15) is 0 Å². The van der Waals surface area contributed by atoms with E-state index in [-0.39, 0.29) is 0 Å². The Morgan fingerprint density at radius 1 is 1.32 bits per heavy atom. The molecule has 0 saturated carbocycles. The minimum Gasteiger partial charge on any atom is -0.363 e. The Kier molecular flexibility index (Phi) is 3.24. The van der Waals surface area contributed by atoms with E-state index in [1.165, 1.54) is 0 Å². The Bertz CT molecular complexity index is 659. The van der Waals surface area contributed by atoms with Crippen LogP contribution in [-0.4, -0.2) is 19.7 Å². The maximum atomic E-state index is 4.55. The third kappa shape index (κ3) is 2.63. The highest BCUT2D eigenvalue weighted by atomic mass is 32.1. The van der Waals surface area contributed by atoms with E-state index in [1.807, 2.05) is 35.3 Å². The van der Waals surface area contributed by atoms with Crippen LogP contribution in [-0.2, 0) is 13.6 Å². The zero-order valence-electron chi connectivity index (χ0n) is 10.4. The summed E-state index contributed by atoms with van der Waals surface area (Å²) in [5, 5.41) is 9.42. The summed E-state index contributed by atoms with van der Waals surface area (Å²) in [6.07, 6.45) is 5.29. The summed E-state index contributed by atoms with van der Waals surface area (Å²) in [7, 11) is 1.92. The van der Waals surface area contributed by atoms with E-state index in [0.29, 0.717) is 6.54 Å². The molecule has 0 aliphatic rings. The predicted octanol–water partition coefficient (Wildman–Crippen LogP) is 2.55. The molecule has 0 fully saturated rings. The van der Waals surface area contributed by atoms with E-state index in [2.05, 4.69) is 20.4 Å². The number of anilines is 1. The fraction of sp³-hybridized carbons (Fsp3) is 0.154. The number of nitrogens with one attached hydrogen (secondary N) is 1. The van der Waals surface area contributed by atoms with Crippen LogP contribution >= 0.6 is 11.3 Å². The van der Waals surface area contributed by atoms with Gasteiger partial charge in [-0.05, 0) is 17.5 Å². The molecule has 0 amide bonds. The van der Waals surface area contributed by atoms with Gasteiger partial charge in [-0.15, -0.1) is 11.3 Å².